The molecule has 0 radical (unpaired) electrons. The first kappa shape index (κ1) is 22.9. The van der Waals surface area contributed by atoms with Crippen molar-refractivity contribution in [1.82, 2.24) is 24.5 Å². The molecule has 0 aliphatic rings. The highest BCUT2D eigenvalue weighted by Gasteiger charge is 2.22. The first-order valence-electron chi connectivity index (χ1n) is 10.7. The summed E-state index contributed by atoms with van der Waals surface area (Å²) in [6.45, 7) is 7.38. The standard InChI is InChI=1S/C23H21FN6.C2H4O2/c1-13-6-4-9-18-19(13)14(2)21(30(18)17-8-5-7-16(24)10-17)15(3)29-23-20-22(26-11-25-20)27-12-28-23;1-2(3)4/h4-12,15H,1-3H3,(H2,25,26,27,28,29);1H3,(H,3,4). The number of rotatable bonds is 4. The minimum atomic E-state index is -0.833. The fraction of sp³-hybridized carbons (Fsp3) is 0.200. The first-order valence-corrected chi connectivity index (χ1v) is 10.7. The van der Waals surface area contributed by atoms with Crippen LogP contribution in [-0.4, -0.2) is 35.6 Å². The van der Waals surface area contributed by atoms with Gasteiger partial charge in [0.2, 0.25) is 0 Å². The van der Waals surface area contributed by atoms with Crippen molar-refractivity contribution >= 4 is 33.9 Å². The molecular weight excluding hydrogens is 435 g/mol. The number of halogens is 1. The van der Waals surface area contributed by atoms with Crippen molar-refractivity contribution in [2.75, 3.05) is 5.32 Å². The number of nitrogens with zero attached hydrogens (tertiary/aromatic N) is 4. The third kappa shape index (κ3) is 4.32. The average molecular weight is 461 g/mol. The number of aryl methyl sites for hydroxylation is 2. The Balaban J connectivity index is 0.000000636. The van der Waals surface area contributed by atoms with Crippen LogP contribution in [0.4, 0.5) is 10.2 Å². The SMILES string of the molecule is CC(=O)O.Cc1cccc2c1c(C)c(C(C)Nc1ncnc3nc[nH]c13)n2-c1cccc(F)c1. The molecule has 5 aromatic rings. The molecule has 3 N–H and O–H groups in total. The van der Waals surface area contributed by atoms with Gasteiger partial charge in [-0.15, -0.1) is 0 Å². The molecule has 0 saturated heterocycles. The molecule has 0 saturated carbocycles. The molecule has 0 bridgehead atoms. The summed E-state index contributed by atoms with van der Waals surface area (Å²) in [7, 11) is 0. The van der Waals surface area contributed by atoms with Gasteiger partial charge in [0, 0.05) is 23.7 Å². The van der Waals surface area contributed by atoms with Crippen molar-refractivity contribution in [2.45, 2.75) is 33.7 Å². The lowest BCUT2D eigenvalue weighted by atomic mass is 10.0. The Morgan fingerprint density at radius 2 is 1.88 bits per heavy atom. The zero-order chi connectivity index (χ0) is 24.4. The van der Waals surface area contributed by atoms with Gasteiger partial charge in [-0.05, 0) is 56.2 Å². The molecule has 0 fully saturated rings. The largest absolute Gasteiger partial charge is 0.481 e. The molecule has 0 amide bonds. The van der Waals surface area contributed by atoms with Crippen LogP contribution in [0.3, 0.4) is 0 Å². The molecular formula is C25H25FN6O2. The second kappa shape index (κ2) is 9.30. The van der Waals surface area contributed by atoms with Gasteiger partial charge in [0.25, 0.3) is 5.97 Å². The van der Waals surface area contributed by atoms with E-state index in [1.165, 1.54) is 23.3 Å². The summed E-state index contributed by atoms with van der Waals surface area (Å²) in [4.78, 5) is 24.9. The van der Waals surface area contributed by atoms with Gasteiger partial charge >= 0.3 is 0 Å². The molecule has 2 aromatic carbocycles. The van der Waals surface area contributed by atoms with E-state index in [1.54, 1.807) is 18.5 Å². The van der Waals surface area contributed by atoms with Crippen molar-refractivity contribution in [3.8, 4) is 5.69 Å². The van der Waals surface area contributed by atoms with Crippen LogP contribution in [-0.2, 0) is 4.79 Å². The summed E-state index contributed by atoms with van der Waals surface area (Å²) in [5, 5.41) is 12.1. The highest BCUT2D eigenvalue weighted by molar-refractivity contribution is 5.90. The molecule has 34 heavy (non-hydrogen) atoms. The number of anilines is 1. The number of hydrogen-bond donors (Lipinski definition) is 3. The van der Waals surface area contributed by atoms with E-state index >= 15 is 0 Å². The Morgan fingerprint density at radius 1 is 1.15 bits per heavy atom. The Morgan fingerprint density at radius 3 is 2.62 bits per heavy atom. The van der Waals surface area contributed by atoms with Gasteiger partial charge in [-0.1, -0.05) is 18.2 Å². The first-order chi connectivity index (χ1) is 16.3. The summed E-state index contributed by atoms with van der Waals surface area (Å²) < 4.78 is 16.2. The monoisotopic (exact) mass is 460 g/mol. The molecule has 1 unspecified atom stereocenters. The molecule has 3 aromatic heterocycles. The molecule has 9 heteroatoms. The highest BCUT2D eigenvalue weighted by atomic mass is 19.1. The summed E-state index contributed by atoms with van der Waals surface area (Å²) in [5.41, 5.74) is 6.60. The van der Waals surface area contributed by atoms with Crippen molar-refractivity contribution in [3.05, 3.63) is 77.8 Å². The van der Waals surface area contributed by atoms with E-state index in [0.29, 0.717) is 11.5 Å². The second-order valence-corrected chi connectivity index (χ2v) is 8.00. The number of carbonyl (C=O) groups is 1. The quantitative estimate of drug-likeness (QED) is 0.335. The predicted octanol–water partition coefficient (Wildman–Crippen LogP) is 5.32. The van der Waals surface area contributed by atoms with E-state index < -0.39 is 5.97 Å². The summed E-state index contributed by atoms with van der Waals surface area (Å²) in [5.74, 6) is -0.418. The van der Waals surface area contributed by atoms with Crippen LogP contribution >= 0.6 is 0 Å². The topological polar surface area (TPSA) is 109 Å². The lowest BCUT2D eigenvalue weighted by molar-refractivity contribution is -0.134. The number of carboxylic acids is 1. The summed E-state index contributed by atoms with van der Waals surface area (Å²) >= 11 is 0. The minimum Gasteiger partial charge on any atom is -0.481 e. The van der Waals surface area contributed by atoms with Crippen LogP contribution < -0.4 is 5.32 Å². The number of aromatic amines is 1. The number of imidazole rings is 1. The zero-order valence-corrected chi connectivity index (χ0v) is 19.3. The van der Waals surface area contributed by atoms with E-state index in [1.807, 2.05) is 12.1 Å². The molecule has 3 heterocycles. The third-order valence-corrected chi connectivity index (χ3v) is 5.54. The number of benzene rings is 2. The Labute approximate surface area is 195 Å². The summed E-state index contributed by atoms with van der Waals surface area (Å²) in [6.07, 6.45) is 3.10. The van der Waals surface area contributed by atoms with Crippen LogP contribution in [0.2, 0.25) is 0 Å². The van der Waals surface area contributed by atoms with Crippen LogP contribution in [0.15, 0.2) is 55.1 Å². The Bertz CT molecular complexity index is 1490. The van der Waals surface area contributed by atoms with Crippen LogP contribution in [0.25, 0.3) is 27.8 Å². The van der Waals surface area contributed by atoms with E-state index in [0.717, 1.165) is 34.9 Å². The third-order valence-electron chi connectivity index (χ3n) is 5.54. The van der Waals surface area contributed by atoms with Crippen molar-refractivity contribution in [1.29, 1.82) is 0 Å². The van der Waals surface area contributed by atoms with Gasteiger partial charge in [-0.2, -0.15) is 0 Å². The maximum absolute atomic E-state index is 14.1. The van der Waals surface area contributed by atoms with Crippen molar-refractivity contribution < 1.29 is 14.3 Å². The van der Waals surface area contributed by atoms with Crippen molar-refractivity contribution in [2.24, 2.45) is 0 Å². The van der Waals surface area contributed by atoms with Gasteiger partial charge in [-0.3, -0.25) is 4.79 Å². The van der Waals surface area contributed by atoms with Gasteiger partial charge in [-0.25, -0.2) is 19.3 Å². The van der Waals surface area contributed by atoms with Gasteiger partial charge in [0.1, 0.15) is 17.7 Å². The van der Waals surface area contributed by atoms with E-state index in [-0.39, 0.29) is 11.9 Å². The molecule has 174 valence electrons. The predicted molar refractivity (Wildman–Crippen MR) is 130 cm³/mol. The van der Waals surface area contributed by atoms with Gasteiger partial charge < -0.3 is 20.0 Å². The van der Waals surface area contributed by atoms with Crippen LogP contribution in [0, 0.1) is 19.7 Å². The lowest BCUT2D eigenvalue weighted by Crippen LogP contribution is -2.14. The number of fused-ring (bicyclic) bond motifs is 2. The van der Waals surface area contributed by atoms with Gasteiger partial charge in [0.15, 0.2) is 11.5 Å². The average Bonchev–Trinajstić information content (AvgIpc) is 3.37. The maximum Gasteiger partial charge on any atom is 0.300 e. The number of aliphatic carboxylic acids is 1. The second-order valence-electron chi connectivity index (χ2n) is 8.00. The molecule has 0 spiro atoms. The van der Waals surface area contributed by atoms with Crippen LogP contribution in [0.5, 0.6) is 0 Å². The van der Waals surface area contributed by atoms with Crippen LogP contribution in [0.1, 0.15) is 36.7 Å². The number of nitrogens with one attached hydrogen (secondary N) is 2. The van der Waals surface area contributed by atoms with E-state index in [2.05, 4.69) is 62.7 Å². The smallest absolute Gasteiger partial charge is 0.300 e. The fourth-order valence-electron chi connectivity index (χ4n) is 4.31. The minimum absolute atomic E-state index is 0.110. The molecule has 0 aliphatic carbocycles. The molecule has 8 nitrogen and oxygen atoms in total. The summed E-state index contributed by atoms with van der Waals surface area (Å²) in [6, 6.07) is 12.8. The number of hydrogen-bond acceptors (Lipinski definition) is 5. The number of carboxylic acid groups (broad SMARTS) is 1. The van der Waals surface area contributed by atoms with Gasteiger partial charge in [0.05, 0.1) is 17.9 Å². The lowest BCUT2D eigenvalue weighted by Gasteiger charge is -2.20. The Hall–Kier alpha value is -4.27. The molecule has 0 aliphatic heterocycles. The van der Waals surface area contributed by atoms with E-state index in [4.69, 9.17) is 9.90 Å². The van der Waals surface area contributed by atoms with E-state index in [9.17, 15) is 4.39 Å². The number of H-pyrrole nitrogens is 1. The maximum atomic E-state index is 14.1. The molecule has 1 atom stereocenters. The highest BCUT2D eigenvalue weighted by Crippen LogP contribution is 2.36. The molecule has 5 rings (SSSR count). The fourth-order valence-corrected chi connectivity index (χ4v) is 4.31. The zero-order valence-electron chi connectivity index (χ0n) is 19.3. The Kier molecular flexibility index (Phi) is 6.27. The van der Waals surface area contributed by atoms with Crippen molar-refractivity contribution in [3.63, 3.8) is 0 Å². The number of aromatic nitrogens is 5. The normalized spacial score (nSPS) is 11.8.